The van der Waals surface area contributed by atoms with Crippen molar-refractivity contribution < 1.29 is 0 Å². The second-order valence-corrected chi connectivity index (χ2v) is 4.58. The normalized spacial score (nSPS) is 27.1. The van der Waals surface area contributed by atoms with E-state index in [1.807, 2.05) is 11.6 Å². The fourth-order valence-corrected chi connectivity index (χ4v) is 2.41. The van der Waals surface area contributed by atoms with E-state index in [2.05, 4.69) is 12.0 Å². The Morgan fingerprint density at radius 3 is 2.64 bits per heavy atom. The molecule has 4 heteroatoms. The molecule has 2 rings (SSSR count). The Bertz CT molecular complexity index is 345. The summed E-state index contributed by atoms with van der Waals surface area (Å²) < 4.78 is 1.91. The molecule has 0 saturated heterocycles. The molecule has 1 saturated carbocycles. The van der Waals surface area contributed by atoms with Crippen LogP contribution in [0.3, 0.4) is 0 Å². The summed E-state index contributed by atoms with van der Waals surface area (Å²) in [6.07, 6.45) is 3.70. The lowest BCUT2D eigenvalue weighted by atomic mass is 10.1. The molecule has 14 heavy (non-hydrogen) atoms. The number of aryl methyl sites for hydroxylation is 1. The number of rotatable bonds is 1. The summed E-state index contributed by atoms with van der Waals surface area (Å²) in [6, 6.07) is 0.446. The third-order valence-electron chi connectivity index (χ3n) is 3.18. The number of anilines is 1. The number of nitrogen functional groups attached to an aromatic ring is 1. The lowest BCUT2D eigenvalue weighted by molar-refractivity contribution is 0.378. The summed E-state index contributed by atoms with van der Waals surface area (Å²) in [5, 5.41) is 5.02. The predicted molar refractivity (Wildman–Crippen MR) is 58.4 cm³/mol. The summed E-state index contributed by atoms with van der Waals surface area (Å²) in [7, 11) is 0. The van der Waals surface area contributed by atoms with E-state index in [4.69, 9.17) is 17.3 Å². The Kier molecular flexibility index (Phi) is 2.43. The molecule has 78 valence electrons. The zero-order valence-corrected chi connectivity index (χ0v) is 9.38. The molecule has 0 bridgehead atoms. The highest BCUT2D eigenvalue weighted by Gasteiger charge is 2.28. The average molecular weight is 214 g/mol. The zero-order chi connectivity index (χ0) is 10.3. The van der Waals surface area contributed by atoms with Crippen LogP contribution in [0.2, 0.25) is 5.02 Å². The van der Waals surface area contributed by atoms with Gasteiger partial charge in [-0.15, -0.1) is 0 Å². The highest BCUT2D eigenvalue weighted by molar-refractivity contribution is 6.33. The van der Waals surface area contributed by atoms with Crippen LogP contribution in [0.4, 0.5) is 5.82 Å². The Morgan fingerprint density at radius 2 is 2.21 bits per heavy atom. The minimum absolute atomic E-state index is 0.446. The van der Waals surface area contributed by atoms with Crippen molar-refractivity contribution in [2.45, 2.75) is 39.2 Å². The minimum Gasteiger partial charge on any atom is -0.383 e. The van der Waals surface area contributed by atoms with E-state index in [9.17, 15) is 0 Å². The number of nitrogens with zero attached hydrogens (tertiary/aromatic N) is 2. The quantitative estimate of drug-likeness (QED) is 0.780. The van der Waals surface area contributed by atoms with Gasteiger partial charge in [0.05, 0.1) is 11.7 Å². The number of nitrogens with two attached hydrogens (primary N) is 1. The summed E-state index contributed by atoms with van der Waals surface area (Å²) in [4.78, 5) is 0. The lowest BCUT2D eigenvalue weighted by Crippen LogP contribution is -2.15. The monoisotopic (exact) mass is 213 g/mol. The Labute approximate surface area is 89.2 Å². The van der Waals surface area contributed by atoms with Gasteiger partial charge >= 0.3 is 0 Å². The second kappa shape index (κ2) is 3.46. The standard InChI is InChI=1S/C10H16ClN3/c1-6-4-3-5-8(6)14-10(12)9(11)7(2)13-14/h6,8H,3-5,12H2,1-2H3. The van der Waals surface area contributed by atoms with Crippen molar-refractivity contribution in [3.05, 3.63) is 10.7 Å². The van der Waals surface area contributed by atoms with Gasteiger partial charge in [-0.2, -0.15) is 5.10 Å². The van der Waals surface area contributed by atoms with Crippen LogP contribution in [0.25, 0.3) is 0 Å². The van der Waals surface area contributed by atoms with Crippen molar-refractivity contribution in [3.8, 4) is 0 Å². The zero-order valence-electron chi connectivity index (χ0n) is 8.63. The van der Waals surface area contributed by atoms with Crippen LogP contribution in [0, 0.1) is 12.8 Å². The number of hydrogen-bond acceptors (Lipinski definition) is 2. The van der Waals surface area contributed by atoms with Crippen molar-refractivity contribution in [2.75, 3.05) is 5.73 Å². The smallest absolute Gasteiger partial charge is 0.141 e. The van der Waals surface area contributed by atoms with Crippen LogP contribution in [0.1, 0.15) is 37.9 Å². The Morgan fingerprint density at radius 1 is 1.50 bits per heavy atom. The Balaban J connectivity index is 2.36. The first-order chi connectivity index (χ1) is 6.61. The largest absolute Gasteiger partial charge is 0.383 e. The molecule has 1 aromatic rings. The molecule has 0 amide bonds. The molecule has 0 aromatic carbocycles. The molecule has 1 aliphatic rings. The van der Waals surface area contributed by atoms with E-state index in [1.54, 1.807) is 0 Å². The highest BCUT2D eigenvalue weighted by atomic mass is 35.5. The van der Waals surface area contributed by atoms with Gasteiger partial charge in [0.1, 0.15) is 10.8 Å². The van der Waals surface area contributed by atoms with Crippen LogP contribution < -0.4 is 5.73 Å². The first kappa shape index (κ1) is 9.84. The van der Waals surface area contributed by atoms with Gasteiger partial charge in [-0.25, -0.2) is 4.68 Å². The van der Waals surface area contributed by atoms with Crippen LogP contribution in [0.5, 0.6) is 0 Å². The molecule has 2 N–H and O–H groups in total. The van der Waals surface area contributed by atoms with E-state index in [0.717, 1.165) is 5.69 Å². The molecule has 2 unspecified atom stereocenters. The van der Waals surface area contributed by atoms with Gasteiger partial charge in [-0.1, -0.05) is 24.9 Å². The second-order valence-electron chi connectivity index (χ2n) is 4.20. The van der Waals surface area contributed by atoms with E-state index in [0.29, 0.717) is 22.8 Å². The first-order valence-electron chi connectivity index (χ1n) is 5.11. The van der Waals surface area contributed by atoms with Crippen molar-refractivity contribution >= 4 is 17.4 Å². The average Bonchev–Trinajstić information content (AvgIpc) is 2.66. The molecule has 0 aliphatic heterocycles. The molecule has 1 aromatic heterocycles. The van der Waals surface area contributed by atoms with Crippen LogP contribution in [-0.2, 0) is 0 Å². The maximum Gasteiger partial charge on any atom is 0.141 e. The Hall–Kier alpha value is -0.700. The van der Waals surface area contributed by atoms with Crippen LogP contribution in [0.15, 0.2) is 0 Å². The molecule has 2 atom stereocenters. The molecule has 1 aliphatic carbocycles. The van der Waals surface area contributed by atoms with Gasteiger partial charge in [0.15, 0.2) is 0 Å². The maximum atomic E-state index is 6.02. The van der Waals surface area contributed by atoms with E-state index in [-0.39, 0.29) is 0 Å². The van der Waals surface area contributed by atoms with Crippen molar-refractivity contribution in [1.82, 2.24) is 9.78 Å². The molecule has 0 spiro atoms. The van der Waals surface area contributed by atoms with Crippen molar-refractivity contribution in [1.29, 1.82) is 0 Å². The number of halogens is 1. The third kappa shape index (κ3) is 1.40. The van der Waals surface area contributed by atoms with Gasteiger partial charge in [0.25, 0.3) is 0 Å². The van der Waals surface area contributed by atoms with Gasteiger partial charge < -0.3 is 5.73 Å². The van der Waals surface area contributed by atoms with Crippen molar-refractivity contribution in [2.24, 2.45) is 5.92 Å². The van der Waals surface area contributed by atoms with E-state index in [1.165, 1.54) is 19.3 Å². The number of hydrogen-bond donors (Lipinski definition) is 1. The van der Waals surface area contributed by atoms with Crippen molar-refractivity contribution in [3.63, 3.8) is 0 Å². The molecular formula is C10H16ClN3. The van der Waals surface area contributed by atoms with E-state index >= 15 is 0 Å². The summed E-state index contributed by atoms with van der Waals surface area (Å²) in [5.74, 6) is 1.29. The molecule has 0 radical (unpaired) electrons. The molecular weight excluding hydrogens is 198 g/mol. The van der Waals surface area contributed by atoms with Gasteiger partial charge in [0, 0.05) is 0 Å². The van der Waals surface area contributed by atoms with Gasteiger partial charge in [-0.3, -0.25) is 0 Å². The summed E-state index contributed by atoms with van der Waals surface area (Å²) in [6.45, 7) is 4.15. The first-order valence-corrected chi connectivity index (χ1v) is 5.49. The molecule has 1 heterocycles. The van der Waals surface area contributed by atoms with E-state index < -0.39 is 0 Å². The summed E-state index contributed by atoms with van der Waals surface area (Å²) >= 11 is 6.02. The predicted octanol–water partition coefficient (Wildman–Crippen LogP) is 2.79. The summed E-state index contributed by atoms with van der Waals surface area (Å²) in [5.41, 5.74) is 6.75. The highest BCUT2D eigenvalue weighted by Crippen LogP contribution is 2.38. The SMILES string of the molecule is Cc1nn(C2CCCC2C)c(N)c1Cl. The maximum absolute atomic E-state index is 6.02. The van der Waals surface area contributed by atoms with Crippen LogP contribution in [-0.4, -0.2) is 9.78 Å². The van der Waals surface area contributed by atoms with Crippen LogP contribution >= 0.6 is 11.6 Å². The lowest BCUT2D eigenvalue weighted by Gasteiger charge is -2.17. The van der Waals surface area contributed by atoms with Gasteiger partial charge in [-0.05, 0) is 25.7 Å². The molecule has 1 fully saturated rings. The minimum atomic E-state index is 0.446. The fraction of sp³-hybridized carbons (Fsp3) is 0.700. The molecule has 3 nitrogen and oxygen atoms in total. The van der Waals surface area contributed by atoms with Gasteiger partial charge in [0.2, 0.25) is 0 Å². The number of aromatic nitrogens is 2. The topological polar surface area (TPSA) is 43.8 Å². The fourth-order valence-electron chi connectivity index (χ4n) is 2.29. The third-order valence-corrected chi connectivity index (χ3v) is 3.64.